The average Bonchev–Trinajstić information content (AvgIpc) is 2.39. The predicted molar refractivity (Wildman–Crippen MR) is 79.6 cm³/mol. The highest BCUT2D eigenvalue weighted by atomic mass is 16.1. The molecule has 19 heavy (non-hydrogen) atoms. The Kier molecular flexibility index (Phi) is 5.33. The number of amides is 1. The fourth-order valence-electron chi connectivity index (χ4n) is 1.85. The summed E-state index contributed by atoms with van der Waals surface area (Å²) in [6.07, 6.45) is 3.46. The van der Waals surface area contributed by atoms with Crippen molar-refractivity contribution in [2.75, 3.05) is 11.9 Å². The number of aryl methyl sites for hydroxylation is 1. The number of carbonyl (C=O) groups excluding carboxylic acids is 1. The van der Waals surface area contributed by atoms with Gasteiger partial charge < -0.3 is 10.6 Å². The smallest absolute Gasteiger partial charge is 0.255 e. The number of aromatic nitrogens is 1. The van der Waals surface area contributed by atoms with E-state index in [1.54, 1.807) is 6.20 Å². The molecule has 0 saturated heterocycles. The molecule has 0 saturated carbocycles. The molecule has 0 spiro atoms. The van der Waals surface area contributed by atoms with E-state index < -0.39 is 0 Å². The maximum atomic E-state index is 12.4. The standard InChI is InChI=1S/C15H25N3O/c1-6-15(5,7-2)18-14(19)12-10-17-11(4)9-13(12)16-8-3/h9-10H,6-8H2,1-5H3,(H,16,17)(H,18,19). The molecule has 0 unspecified atom stereocenters. The molecule has 0 aliphatic rings. The van der Waals surface area contributed by atoms with Crippen molar-refractivity contribution in [3.05, 3.63) is 23.5 Å². The minimum Gasteiger partial charge on any atom is -0.385 e. The van der Waals surface area contributed by atoms with Crippen molar-refractivity contribution in [1.29, 1.82) is 0 Å². The summed E-state index contributed by atoms with van der Waals surface area (Å²) in [5.74, 6) is -0.0605. The summed E-state index contributed by atoms with van der Waals surface area (Å²) in [7, 11) is 0. The average molecular weight is 263 g/mol. The molecular formula is C15H25N3O. The Morgan fingerprint density at radius 2 is 1.95 bits per heavy atom. The van der Waals surface area contributed by atoms with Crippen molar-refractivity contribution in [1.82, 2.24) is 10.3 Å². The maximum Gasteiger partial charge on any atom is 0.255 e. The first-order chi connectivity index (χ1) is 8.95. The van der Waals surface area contributed by atoms with Gasteiger partial charge >= 0.3 is 0 Å². The van der Waals surface area contributed by atoms with Gasteiger partial charge in [0.25, 0.3) is 5.91 Å². The lowest BCUT2D eigenvalue weighted by Crippen LogP contribution is -2.45. The van der Waals surface area contributed by atoms with Gasteiger partial charge in [-0.15, -0.1) is 0 Å². The lowest BCUT2D eigenvalue weighted by molar-refractivity contribution is 0.0901. The second-order valence-electron chi connectivity index (χ2n) is 5.12. The summed E-state index contributed by atoms with van der Waals surface area (Å²) in [6.45, 7) is 11.0. The van der Waals surface area contributed by atoms with Crippen LogP contribution in [-0.2, 0) is 0 Å². The van der Waals surface area contributed by atoms with Crippen LogP contribution in [0.15, 0.2) is 12.3 Å². The largest absolute Gasteiger partial charge is 0.385 e. The lowest BCUT2D eigenvalue weighted by atomic mass is 9.95. The van der Waals surface area contributed by atoms with Gasteiger partial charge in [0, 0.05) is 24.0 Å². The number of rotatable bonds is 6. The third-order valence-corrected chi connectivity index (χ3v) is 3.63. The van der Waals surface area contributed by atoms with Crippen molar-refractivity contribution in [3.63, 3.8) is 0 Å². The molecular weight excluding hydrogens is 238 g/mol. The molecule has 4 heteroatoms. The summed E-state index contributed by atoms with van der Waals surface area (Å²) in [5, 5.41) is 6.33. The number of nitrogens with zero attached hydrogens (tertiary/aromatic N) is 1. The third kappa shape index (κ3) is 3.94. The second kappa shape index (κ2) is 6.55. The summed E-state index contributed by atoms with van der Waals surface area (Å²) in [4.78, 5) is 16.6. The van der Waals surface area contributed by atoms with Gasteiger partial charge in [-0.05, 0) is 39.7 Å². The minimum atomic E-state index is -0.161. The number of carbonyl (C=O) groups is 1. The molecule has 106 valence electrons. The van der Waals surface area contributed by atoms with Crippen LogP contribution in [0.3, 0.4) is 0 Å². The van der Waals surface area contributed by atoms with Gasteiger partial charge in [-0.2, -0.15) is 0 Å². The van der Waals surface area contributed by atoms with Crippen LogP contribution in [-0.4, -0.2) is 23.0 Å². The highest BCUT2D eigenvalue weighted by molar-refractivity contribution is 5.99. The van der Waals surface area contributed by atoms with Gasteiger partial charge in [-0.3, -0.25) is 9.78 Å². The third-order valence-electron chi connectivity index (χ3n) is 3.63. The Balaban J connectivity index is 2.99. The summed E-state index contributed by atoms with van der Waals surface area (Å²) >= 11 is 0. The van der Waals surface area contributed by atoms with Gasteiger partial charge in [0.2, 0.25) is 0 Å². The van der Waals surface area contributed by atoms with Crippen LogP contribution in [0.5, 0.6) is 0 Å². The van der Waals surface area contributed by atoms with E-state index in [2.05, 4.69) is 36.4 Å². The zero-order chi connectivity index (χ0) is 14.5. The predicted octanol–water partition coefficient (Wildman–Crippen LogP) is 3.13. The van der Waals surface area contributed by atoms with Crippen LogP contribution in [0.25, 0.3) is 0 Å². The van der Waals surface area contributed by atoms with E-state index in [1.165, 1.54) is 0 Å². The molecule has 2 N–H and O–H groups in total. The second-order valence-corrected chi connectivity index (χ2v) is 5.12. The number of nitrogens with one attached hydrogen (secondary N) is 2. The SMILES string of the molecule is CCNc1cc(C)ncc1C(=O)NC(C)(CC)CC. The first-order valence-corrected chi connectivity index (χ1v) is 6.98. The van der Waals surface area contributed by atoms with Crippen LogP contribution in [0.1, 0.15) is 56.6 Å². The van der Waals surface area contributed by atoms with Crippen LogP contribution in [0.2, 0.25) is 0 Å². The fourth-order valence-corrected chi connectivity index (χ4v) is 1.85. The van der Waals surface area contributed by atoms with Gasteiger partial charge in [0.05, 0.1) is 11.3 Å². The van der Waals surface area contributed by atoms with E-state index >= 15 is 0 Å². The van der Waals surface area contributed by atoms with Crippen molar-refractivity contribution in [2.24, 2.45) is 0 Å². The van der Waals surface area contributed by atoms with Gasteiger partial charge in [-0.1, -0.05) is 13.8 Å². The van der Waals surface area contributed by atoms with Crippen LogP contribution in [0, 0.1) is 6.92 Å². The van der Waals surface area contributed by atoms with Crippen LogP contribution in [0.4, 0.5) is 5.69 Å². The summed E-state index contributed by atoms with van der Waals surface area (Å²) in [6, 6.07) is 1.91. The first-order valence-electron chi connectivity index (χ1n) is 6.98. The van der Waals surface area contributed by atoms with E-state index in [1.807, 2.05) is 19.9 Å². The Morgan fingerprint density at radius 1 is 1.32 bits per heavy atom. The molecule has 1 rings (SSSR count). The molecule has 0 aromatic carbocycles. The van der Waals surface area contributed by atoms with E-state index in [4.69, 9.17) is 0 Å². The molecule has 1 aromatic heterocycles. The molecule has 0 aliphatic heterocycles. The number of pyridine rings is 1. The summed E-state index contributed by atoms with van der Waals surface area (Å²) in [5.41, 5.74) is 2.20. The Labute approximate surface area is 116 Å². The van der Waals surface area contributed by atoms with E-state index in [0.29, 0.717) is 5.56 Å². The molecule has 1 aromatic rings. The number of anilines is 1. The van der Waals surface area contributed by atoms with Crippen molar-refractivity contribution < 1.29 is 4.79 Å². The van der Waals surface area contributed by atoms with E-state index in [0.717, 1.165) is 30.8 Å². The number of hydrogen-bond donors (Lipinski definition) is 2. The van der Waals surface area contributed by atoms with E-state index in [-0.39, 0.29) is 11.4 Å². The molecule has 4 nitrogen and oxygen atoms in total. The summed E-state index contributed by atoms with van der Waals surface area (Å²) < 4.78 is 0. The zero-order valence-electron chi connectivity index (χ0n) is 12.6. The molecule has 1 heterocycles. The van der Waals surface area contributed by atoms with Crippen LogP contribution >= 0.6 is 0 Å². The maximum absolute atomic E-state index is 12.4. The Morgan fingerprint density at radius 3 is 2.47 bits per heavy atom. The quantitative estimate of drug-likeness (QED) is 0.829. The normalized spacial score (nSPS) is 11.2. The topological polar surface area (TPSA) is 54.0 Å². The Hall–Kier alpha value is -1.58. The van der Waals surface area contributed by atoms with Gasteiger partial charge in [0.15, 0.2) is 0 Å². The molecule has 1 amide bonds. The highest BCUT2D eigenvalue weighted by Crippen LogP contribution is 2.19. The van der Waals surface area contributed by atoms with Gasteiger partial charge in [0.1, 0.15) is 0 Å². The number of hydrogen-bond acceptors (Lipinski definition) is 3. The lowest BCUT2D eigenvalue weighted by Gasteiger charge is -2.28. The van der Waals surface area contributed by atoms with Crippen molar-refractivity contribution in [3.8, 4) is 0 Å². The Bertz CT molecular complexity index is 439. The molecule has 0 atom stereocenters. The van der Waals surface area contributed by atoms with Crippen LogP contribution < -0.4 is 10.6 Å². The molecule has 0 fully saturated rings. The van der Waals surface area contributed by atoms with Gasteiger partial charge in [-0.25, -0.2) is 0 Å². The highest BCUT2D eigenvalue weighted by Gasteiger charge is 2.24. The zero-order valence-corrected chi connectivity index (χ0v) is 12.6. The minimum absolute atomic E-state index is 0.0605. The fraction of sp³-hybridized carbons (Fsp3) is 0.600. The first kappa shape index (κ1) is 15.5. The van der Waals surface area contributed by atoms with Crippen molar-refractivity contribution >= 4 is 11.6 Å². The molecule has 0 radical (unpaired) electrons. The molecule has 0 bridgehead atoms. The monoisotopic (exact) mass is 263 g/mol. The molecule has 0 aliphatic carbocycles. The van der Waals surface area contributed by atoms with E-state index in [9.17, 15) is 4.79 Å². The van der Waals surface area contributed by atoms with Crippen molar-refractivity contribution in [2.45, 2.75) is 53.0 Å².